The van der Waals surface area contributed by atoms with Crippen LogP contribution in [0, 0.1) is 0 Å². The number of para-hydroxylation sites is 2. The van der Waals surface area contributed by atoms with Gasteiger partial charge in [-0.1, -0.05) is 47.5 Å². The van der Waals surface area contributed by atoms with Crippen LogP contribution in [-0.2, 0) is 20.6 Å². The second kappa shape index (κ2) is 10.9. The van der Waals surface area contributed by atoms with E-state index in [2.05, 4.69) is 5.32 Å². The summed E-state index contributed by atoms with van der Waals surface area (Å²) in [6.07, 6.45) is -0.977. The molecule has 34 heavy (non-hydrogen) atoms. The molecule has 0 aliphatic carbocycles. The van der Waals surface area contributed by atoms with Crippen molar-refractivity contribution in [3.63, 3.8) is 0 Å². The maximum atomic E-state index is 13.4. The van der Waals surface area contributed by atoms with E-state index in [1.165, 1.54) is 28.6 Å². The first-order valence-corrected chi connectivity index (χ1v) is 13.8. The third-order valence-corrected chi connectivity index (χ3v) is 8.44. The van der Waals surface area contributed by atoms with Gasteiger partial charge in [0, 0.05) is 28.1 Å². The SMILES string of the molecule is O=C(NCCSCc1cccc(Cl)c1)[C@@H]1CN(S(=O)(=O)c2ccc(Cl)cc2)c2ccccc2O1. The van der Waals surface area contributed by atoms with Crippen molar-refractivity contribution < 1.29 is 17.9 Å². The number of hydrogen-bond donors (Lipinski definition) is 1. The molecule has 0 fully saturated rings. The number of anilines is 1. The summed E-state index contributed by atoms with van der Waals surface area (Å²) >= 11 is 13.6. The van der Waals surface area contributed by atoms with E-state index in [-0.39, 0.29) is 17.3 Å². The fourth-order valence-corrected chi connectivity index (χ4v) is 6.10. The van der Waals surface area contributed by atoms with Crippen molar-refractivity contribution in [3.05, 3.63) is 88.4 Å². The largest absolute Gasteiger partial charge is 0.476 e. The molecule has 0 saturated heterocycles. The van der Waals surface area contributed by atoms with Crippen LogP contribution < -0.4 is 14.4 Å². The third kappa shape index (κ3) is 5.81. The van der Waals surface area contributed by atoms with E-state index in [9.17, 15) is 13.2 Å². The Balaban J connectivity index is 1.41. The summed E-state index contributed by atoms with van der Waals surface area (Å²) in [6.45, 7) is 0.291. The minimum Gasteiger partial charge on any atom is -0.476 e. The topological polar surface area (TPSA) is 75.7 Å². The van der Waals surface area contributed by atoms with Crippen molar-refractivity contribution in [1.29, 1.82) is 0 Å². The zero-order valence-electron chi connectivity index (χ0n) is 18.0. The second-order valence-electron chi connectivity index (χ2n) is 7.54. The number of fused-ring (bicyclic) bond motifs is 1. The number of sulfonamides is 1. The Kier molecular flexibility index (Phi) is 7.93. The number of ether oxygens (including phenoxy) is 1. The molecule has 1 atom stereocenters. The number of carbonyl (C=O) groups excluding carboxylic acids is 1. The normalized spacial score (nSPS) is 15.4. The number of rotatable bonds is 8. The van der Waals surface area contributed by atoms with Gasteiger partial charge < -0.3 is 10.1 Å². The highest BCUT2D eigenvalue weighted by Gasteiger charge is 2.37. The van der Waals surface area contributed by atoms with E-state index in [0.717, 1.165) is 11.3 Å². The van der Waals surface area contributed by atoms with Gasteiger partial charge in [-0.05, 0) is 54.1 Å². The lowest BCUT2D eigenvalue weighted by Crippen LogP contribution is -2.51. The van der Waals surface area contributed by atoms with Crippen LogP contribution in [0.1, 0.15) is 5.56 Å². The van der Waals surface area contributed by atoms with Crippen LogP contribution in [0.5, 0.6) is 5.75 Å². The predicted octanol–water partition coefficient (Wildman–Crippen LogP) is 5.00. The summed E-state index contributed by atoms with van der Waals surface area (Å²) in [5.74, 6) is 1.43. The van der Waals surface area contributed by atoms with E-state index in [1.807, 2.05) is 24.3 Å². The summed E-state index contributed by atoms with van der Waals surface area (Å²) in [5.41, 5.74) is 1.50. The molecule has 1 aliphatic rings. The molecule has 4 rings (SSSR count). The van der Waals surface area contributed by atoms with E-state index in [0.29, 0.717) is 33.8 Å². The molecule has 3 aromatic rings. The summed E-state index contributed by atoms with van der Waals surface area (Å²) < 4.78 is 33.8. The van der Waals surface area contributed by atoms with Gasteiger partial charge in [0.2, 0.25) is 0 Å². The maximum Gasteiger partial charge on any atom is 0.264 e. The predicted molar refractivity (Wildman–Crippen MR) is 137 cm³/mol. The van der Waals surface area contributed by atoms with Gasteiger partial charge in [-0.3, -0.25) is 9.10 Å². The molecule has 0 spiro atoms. The molecular formula is C24H22Cl2N2O4S2. The van der Waals surface area contributed by atoms with Gasteiger partial charge in [0.15, 0.2) is 6.10 Å². The molecule has 10 heteroatoms. The van der Waals surface area contributed by atoms with E-state index in [1.54, 1.807) is 36.0 Å². The first-order valence-electron chi connectivity index (χ1n) is 10.5. The Morgan fingerprint density at radius 2 is 1.79 bits per heavy atom. The lowest BCUT2D eigenvalue weighted by atomic mass is 10.2. The average Bonchev–Trinajstić information content (AvgIpc) is 2.83. The van der Waals surface area contributed by atoms with Crippen molar-refractivity contribution >= 4 is 56.6 Å². The van der Waals surface area contributed by atoms with Crippen LogP contribution in [0.3, 0.4) is 0 Å². The van der Waals surface area contributed by atoms with Crippen LogP contribution in [0.25, 0.3) is 0 Å². The summed E-state index contributed by atoms with van der Waals surface area (Å²) in [4.78, 5) is 12.9. The highest BCUT2D eigenvalue weighted by molar-refractivity contribution is 7.98. The monoisotopic (exact) mass is 536 g/mol. The second-order valence-corrected chi connectivity index (χ2v) is 11.4. The van der Waals surface area contributed by atoms with E-state index < -0.39 is 16.1 Å². The Hall–Kier alpha value is -2.39. The molecule has 0 bridgehead atoms. The molecule has 1 N–H and O–H groups in total. The molecule has 6 nitrogen and oxygen atoms in total. The molecule has 0 unspecified atom stereocenters. The molecule has 3 aromatic carbocycles. The Labute approximate surface area is 213 Å². The number of nitrogens with zero attached hydrogens (tertiary/aromatic N) is 1. The van der Waals surface area contributed by atoms with Crippen LogP contribution >= 0.6 is 35.0 Å². The number of amides is 1. The molecule has 0 saturated carbocycles. The van der Waals surface area contributed by atoms with Crippen molar-refractivity contribution in [2.75, 3.05) is 23.1 Å². The summed E-state index contributed by atoms with van der Waals surface area (Å²) in [7, 11) is -3.92. The minimum absolute atomic E-state index is 0.0881. The minimum atomic E-state index is -3.92. The van der Waals surface area contributed by atoms with Gasteiger partial charge >= 0.3 is 0 Å². The van der Waals surface area contributed by atoms with E-state index in [4.69, 9.17) is 27.9 Å². The zero-order valence-corrected chi connectivity index (χ0v) is 21.1. The Bertz CT molecular complexity index is 1270. The highest BCUT2D eigenvalue weighted by Crippen LogP contribution is 2.37. The van der Waals surface area contributed by atoms with Gasteiger partial charge in [0.25, 0.3) is 15.9 Å². The smallest absolute Gasteiger partial charge is 0.264 e. The Morgan fingerprint density at radius 3 is 2.56 bits per heavy atom. The standard InChI is InChI=1S/C24H22Cl2N2O4S2/c25-18-8-10-20(11-9-18)34(30,31)28-15-23(32-22-7-2-1-6-21(22)28)24(29)27-12-13-33-16-17-4-3-5-19(26)14-17/h1-11,14,23H,12-13,15-16H2,(H,27,29)/t23-/m0/s1. The van der Waals surface area contributed by atoms with E-state index >= 15 is 0 Å². The molecule has 1 heterocycles. The number of carbonyl (C=O) groups is 1. The van der Waals surface area contributed by atoms with Gasteiger partial charge in [0.1, 0.15) is 5.75 Å². The first-order chi connectivity index (χ1) is 16.3. The molecule has 0 radical (unpaired) electrons. The van der Waals surface area contributed by atoms with Crippen LogP contribution in [0.15, 0.2) is 77.7 Å². The summed E-state index contributed by atoms with van der Waals surface area (Å²) in [5, 5.41) is 3.98. The quantitative estimate of drug-likeness (QED) is 0.410. The van der Waals surface area contributed by atoms with Gasteiger partial charge in [-0.25, -0.2) is 8.42 Å². The van der Waals surface area contributed by atoms with Crippen molar-refractivity contribution in [3.8, 4) is 5.75 Å². The van der Waals surface area contributed by atoms with Crippen molar-refractivity contribution in [2.45, 2.75) is 16.8 Å². The average molecular weight is 537 g/mol. The fourth-order valence-electron chi connectivity index (χ4n) is 3.48. The lowest BCUT2D eigenvalue weighted by Gasteiger charge is -2.34. The van der Waals surface area contributed by atoms with Crippen LogP contribution in [0.4, 0.5) is 5.69 Å². The number of thioether (sulfide) groups is 1. The third-order valence-electron chi connectivity index (χ3n) is 5.13. The molecule has 178 valence electrons. The number of benzene rings is 3. The highest BCUT2D eigenvalue weighted by atomic mass is 35.5. The maximum absolute atomic E-state index is 13.4. The fraction of sp³-hybridized carbons (Fsp3) is 0.208. The molecular weight excluding hydrogens is 515 g/mol. The van der Waals surface area contributed by atoms with Crippen molar-refractivity contribution in [1.82, 2.24) is 5.32 Å². The lowest BCUT2D eigenvalue weighted by molar-refractivity contribution is -0.127. The van der Waals surface area contributed by atoms with Crippen molar-refractivity contribution in [2.24, 2.45) is 0 Å². The number of halogens is 2. The molecule has 1 aliphatic heterocycles. The van der Waals surface area contributed by atoms with Crippen LogP contribution in [0.2, 0.25) is 10.0 Å². The first kappa shape index (κ1) is 24.7. The Morgan fingerprint density at radius 1 is 1.03 bits per heavy atom. The van der Waals surface area contributed by atoms with Gasteiger partial charge in [0.05, 0.1) is 17.1 Å². The van der Waals surface area contributed by atoms with Gasteiger partial charge in [-0.15, -0.1) is 0 Å². The number of nitrogens with one attached hydrogen (secondary N) is 1. The number of hydrogen-bond acceptors (Lipinski definition) is 5. The molecule has 0 aromatic heterocycles. The zero-order chi connectivity index (χ0) is 24.1. The molecule has 1 amide bonds. The van der Waals surface area contributed by atoms with Crippen LogP contribution in [-0.4, -0.2) is 39.3 Å². The summed E-state index contributed by atoms with van der Waals surface area (Å²) in [6, 6.07) is 20.3. The van der Waals surface area contributed by atoms with Gasteiger partial charge in [-0.2, -0.15) is 11.8 Å².